The van der Waals surface area contributed by atoms with E-state index in [1.165, 1.54) is 6.07 Å². The number of alkyl halides is 2. The number of aromatic amines is 1. The Balaban J connectivity index is 1.37. The zero-order valence-corrected chi connectivity index (χ0v) is 20.1. The molecule has 1 aliphatic heterocycles. The number of piperazine rings is 1. The molecule has 2 aromatic carbocycles. The number of nitrogens with zero attached hydrogens (tertiary/aromatic N) is 4. The topological polar surface area (TPSA) is 69.3 Å². The normalized spacial score (nSPS) is 14.6. The van der Waals surface area contributed by atoms with Crippen LogP contribution in [0.25, 0.3) is 10.9 Å². The number of aryl methyl sites for hydroxylation is 1. The van der Waals surface area contributed by atoms with Gasteiger partial charge in [-0.15, -0.1) is 0 Å². The lowest BCUT2D eigenvalue weighted by molar-refractivity contribution is 0.147. The first kappa shape index (κ1) is 23.9. The number of H-pyrrole nitrogens is 1. The molecule has 3 heterocycles. The number of hydrogen-bond acceptors (Lipinski definition) is 6. The van der Waals surface area contributed by atoms with E-state index >= 15 is 0 Å². The Morgan fingerprint density at radius 3 is 2.50 bits per heavy atom. The summed E-state index contributed by atoms with van der Waals surface area (Å²) in [6, 6.07) is 12.2. The Hall–Kier alpha value is -3.79. The van der Waals surface area contributed by atoms with E-state index in [1.54, 1.807) is 19.1 Å². The van der Waals surface area contributed by atoms with Crippen molar-refractivity contribution in [1.82, 2.24) is 19.9 Å². The first-order valence-electron chi connectivity index (χ1n) is 11.9. The van der Waals surface area contributed by atoms with Crippen molar-refractivity contribution >= 4 is 28.1 Å². The minimum atomic E-state index is -2.95. The van der Waals surface area contributed by atoms with Gasteiger partial charge in [-0.1, -0.05) is 6.92 Å². The van der Waals surface area contributed by atoms with Crippen LogP contribution in [0.3, 0.4) is 0 Å². The molecular formula is C26H27F3N6O. The zero-order chi connectivity index (χ0) is 25.2. The third-order valence-corrected chi connectivity index (χ3v) is 6.42. The molecule has 1 aliphatic rings. The largest absolute Gasteiger partial charge is 0.435 e. The molecule has 7 nitrogen and oxygen atoms in total. The molecule has 36 heavy (non-hydrogen) atoms. The molecule has 0 amide bonds. The highest BCUT2D eigenvalue weighted by Crippen LogP contribution is 2.38. The van der Waals surface area contributed by atoms with E-state index in [0.717, 1.165) is 50.4 Å². The van der Waals surface area contributed by atoms with Gasteiger partial charge in [0.1, 0.15) is 17.7 Å². The maximum atomic E-state index is 15.0. The van der Waals surface area contributed by atoms with Gasteiger partial charge in [-0.2, -0.15) is 0 Å². The molecule has 0 radical (unpaired) electrons. The number of fused-ring (bicyclic) bond motifs is 1. The van der Waals surface area contributed by atoms with Crippen molar-refractivity contribution in [2.75, 3.05) is 42.9 Å². The third-order valence-electron chi connectivity index (χ3n) is 6.42. The van der Waals surface area contributed by atoms with Gasteiger partial charge >= 0.3 is 0 Å². The standard InChI is InChI=1S/C26H27F3N6O/c1-3-34-10-12-35(13-11-34)18-6-4-17(5-7-18)33-25-22(24(28)29)26(31-15-30-25)36-21-9-8-20-19(23(21)27)14-16(2)32-20/h4-9,14-15,24,32H,3,10-13H2,1-2H3,(H,30,31,33). The summed E-state index contributed by atoms with van der Waals surface area (Å²) in [5.74, 6) is -1.35. The Morgan fingerprint density at radius 2 is 1.81 bits per heavy atom. The number of hydrogen-bond donors (Lipinski definition) is 2. The van der Waals surface area contributed by atoms with Gasteiger partial charge in [-0.25, -0.2) is 23.1 Å². The minimum absolute atomic E-state index is 0.0988. The molecule has 188 valence electrons. The number of aromatic nitrogens is 3. The fourth-order valence-electron chi connectivity index (χ4n) is 4.44. The SMILES string of the molecule is CCN1CCN(c2ccc(Nc3ncnc(Oc4ccc5[nH]c(C)cc5c4F)c3C(F)F)cc2)CC1. The summed E-state index contributed by atoms with van der Waals surface area (Å²) in [4.78, 5) is 15.6. The number of rotatable bonds is 7. The molecule has 4 aromatic rings. The van der Waals surface area contributed by atoms with Crippen molar-refractivity contribution in [1.29, 1.82) is 0 Å². The van der Waals surface area contributed by atoms with Crippen molar-refractivity contribution in [2.24, 2.45) is 0 Å². The van der Waals surface area contributed by atoms with Gasteiger partial charge in [0.05, 0.1) is 0 Å². The van der Waals surface area contributed by atoms with Crippen molar-refractivity contribution in [3.05, 3.63) is 65.9 Å². The summed E-state index contributed by atoms with van der Waals surface area (Å²) < 4.78 is 48.7. The van der Waals surface area contributed by atoms with E-state index in [4.69, 9.17) is 4.74 Å². The Labute approximate surface area is 206 Å². The van der Waals surface area contributed by atoms with Crippen LogP contribution in [-0.2, 0) is 0 Å². The van der Waals surface area contributed by atoms with Crippen molar-refractivity contribution < 1.29 is 17.9 Å². The summed E-state index contributed by atoms with van der Waals surface area (Å²) in [5, 5.41) is 3.25. The predicted octanol–water partition coefficient (Wildman–Crippen LogP) is 6.02. The number of benzene rings is 2. The van der Waals surface area contributed by atoms with Crippen LogP contribution in [-0.4, -0.2) is 52.6 Å². The van der Waals surface area contributed by atoms with E-state index in [0.29, 0.717) is 16.6 Å². The van der Waals surface area contributed by atoms with Gasteiger partial charge in [-0.05, 0) is 55.9 Å². The van der Waals surface area contributed by atoms with E-state index in [-0.39, 0.29) is 11.6 Å². The van der Waals surface area contributed by atoms with E-state index < -0.39 is 23.7 Å². The summed E-state index contributed by atoms with van der Waals surface area (Å²) >= 11 is 0. The van der Waals surface area contributed by atoms with Crippen molar-refractivity contribution in [3.8, 4) is 11.6 Å². The number of halogens is 3. The molecule has 0 aliphatic carbocycles. The second-order valence-electron chi connectivity index (χ2n) is 8.73. The number of nitrogens with one attached hydrogen (secondary N) is 2. The fourth-order valence-corrected chi connectivity index (χ4v) is 4.44. The average Bonchev–Trinajstić information content (AvgIpc) is 3.27. The van der Waals surface area contributed by atoms with Crippen LogP contribution >= 0.6 is 0 Å². The van der Waals surface area contributed by atoms with Crippen LogP contribution < -0.4 is 15.0 Å². The van der Waals surface area contributed by atoms with Gasteiger partial charge in [0.15, 0.2) is 11.6 Å². The highest BCUT2D eigenvalue weighted by atomic mass is 19.3. The van der Waals surface area contributed by atoms with Crippen LogP contribution in [0.4, 0.5) is 30.4 Å². The number of likely N-dealkylation sites (N-methyl/N-ethyl adjacent to an activating group) is 1. The summed E-state index contributed by atoms with van der Waals surface area (Å²) in [7, 11) is 0. The number of anilines is 3. The van der Waals surface area contributed by atoms with Crippen LogP contribution in [0.15, 0.2) is 48.8 Å². The number of ether oxygens (including phenoxy) is 1. The monoisotopic (exact) mass is 496 g/mol. The van der Waals surface area contributed by atoms with E-state index in [2.05, 4.69) is 37.0 Å². The smallest absolute Gasteiger partial charge is 0.272 e. The minimum Gasteiger partial charge on any atom is -0.435 e. The maximum Gasteiger partial charge on any atom is 0.272 e. The van der Waals surface area contributed by atoms with Gasteiger partial charge in [0.25, 0.3) is 6.43 Å². The Morgan fingerprint density at radius 1 is 1.06 bits per heavy atom. The van der Waals surface area contributed by atoms with Crippen LogP contribution in [0, 0.1) is 12.7 Å². The fraction of sp³-hybridized carbons (Fsp3) is 0.308. The Kier molecular flexibility index (Phi) is 6.69. The quantitative estimate of drug-likeness (QED) is 0.326. The van der Waals surface area contributed by atoms with E-state index in [9.17, 15) is 13.2 Å². The van der Waals surface area contributed by atoms with Gasteiger partial charge < -0.3 is 24.8 Å². The molecule has 2 aromatic heterocycles. The molecule has 10 heteroatoms. The summed E-state index contributed by atoms with van der Waals surface area (Å²) in [6.45, 7) is 8.90. The molecular weight excluding hydrogens is 469 g/mol. The zero-order valence-electron chi connectivity index (χ0n) is 20.1. The molecule has 0 unspecified atom stereocenters. The maximum absolute atomic E-state index is 15.0. The van der Waals surface area contributed by atoms with Gasteiger partial charge in [0.2, 0.25) is 5.88 Å². The lowest BCUT2D eigenvalue weighted by Gasteiger charge is -2.35. The van der Waals surface area contributed by atoms with Crippen LogP contribution in [0.5, 0.6) is 11.6 Å². The summed E-state index contributed by atoms with van der Waals surface area (Å²) in [6.07, 6.45) is -1.83. The molecule has 1 saturated heterocycles. The van der Waals surface area contributed by atoms with E-state index in [1.807, 2.05) is 24.3 Å². The molecule has 2 N–H and O–H groups in total. The second-order valence-corrected chi connectivity index (χ2v) is 8.73. The predicted molar refractivity (Wildman–Crippen MR) is 134 cm³/mol. The van der Waals surface area contributed by atoms with Crippen LogP contribution in [0.1, 0.15) is 24.6 Å². The van der Waals surface area contributed by atoms with Gasteiger partial charge in [0, 0.05) is 54.2 Å². The van der Waals surface area contributed by atoms with Crippen LogP contribution in [0.2, 0.25) is 0 Å². The summed E-state index contributed by atoms with van der Waals surface area (Å²) in [5.41, 5.74) is 2.49. The first-order valence-corrected chi connectivity index (χ1v) is 11.9. The lowest BCUT2D eigenvalue weighted by atomic mass is 10.2. The lowest BCUT2D eigenvalue weighted by Crippen LogP contribution is -2.46. The average molecular weight is 497 g/mol. The highest BCUT2D eigenvalue weighted by Gasteiger charge is 2.24. The van der Waals surface area contributed by atoms with Crippen molar-refractivity contribution in [2.45, 2.75) is 20.3 Å². The third kappa shape index (κ3) is 4.81. The van der Waals surface area contributed by atoms with Crippen molar-refractivity contribution in [3.63, 3.8) is 0 Å². The molecule has 0 saturated carbocycles. The molecule has 0 atom stereocenters. The second kappa shape index (κ2) is 10.1. The molecule has 5 rings (SSSR count). The first-order chi connectivity index (χ1) is 17.4. The molecule has 0 bridgehead atoms. The molecule has 0 spiro atoms. The highest BCUT2D eigenvalue weighted by molar-refractivity contribution is 5.82. The Bertz CT molecular complexity index is 1350. The van der Waals surface area contributed by atoms with Gasteiger partial charge in [-0.3, -0.25) is 0 Å². The molecule has 1 fully saturated rings.